The van der Waals surface area contributed by atoms with Gasteiger partial charge in [-0.15, -0.1) is 0 Å². The summed E-state index contributed by atoms with van der Waals surface area (Å²) in [7, 11) is 0. The van der Waals surface area contributed by atoms with Gasteiger partial charge in [0.25, 0.3) is 0 Å². The van der Waals surface area contributed by atoms with E-state index in [4.69, 9.17) is 0 Å². The lowest BCUT2D eigenvalue weighted by Gasteiger charge is -2.15. The van der Waals surface area contributed by atoms with E-state index in [1.165, 1.54) is 43.2 Å². The summed E-state index contributed by atoms with van der Waals surface area (Å²) in [6.45, 7) is 6.25. The second kappa shape index (κ2) is 8.50. The molecule has 1 aliphatic rings. The van der Waals surface area contributed by atoms with Gasteiger partial charge in [0.2, 0.25) is 0 Å². The summed E-state index contributed by atoms with van der Waals surface area (Å²) in [5, 5.41) is 0. The van der Waals surface area contributed by atoms with Crippen molar-refractivity contribution in [1.82, 2.24) is 0 Å². The Labute approximate surface area is 172 Å². The summed E-state index contributed by atoms with van der Waals surface area (Å²) in [6, 6.07) is 26.3. The van der Waals surface area contributed by atoms with Crippen LogP contribution in [0.25, 0.3) is 5.57 Å². The van der Waals surface area contributed by atoms with Gasteiger partial charge in [0, 0.05) is 9.79 Å². The Morgan fingerprint density at radius 1 is 0.750 bits per heavy atom. The highest BCUT2D eigenvalue weighted by Gasteiger charge is 2.16. The number of fused-ring (bicyclic) bond motifs is 3. The minimum absolute atomic E-state index is 0.894. The van der Waals surface area contributed by atoms with Crippen molar-refractivity contribution in [2.75, 3.05) is 0 Å². The Morgan fingerprint density at radius 3 is 1.96 bits per heavy atom. The van der Waals surface area contributed by atoms with Gasteiger partial charge >= 0.3 is 0 Å². The standard InChI is InChI=1S/C27H24S/c1-3-11-20-18-22-13-6-9-16-26(22)28-27-17-10-7-14-23(27)19-21-12-5-8-15-25(21)24(20)4-2/h3-17H,2,18-19H2,1H3/b11-3-,24-20-. The van der Waals surface area contributed by atoms with Crippen LogP contribution in [0.5, 0.6) is 0 Å². The fourth-order valence-electron chi connectivity index (χ4n) is 3.82. The zero-order valence-electron chi connectivity index (χ0n) is 16.2. The van der Waals surface area contributed by atoms with E-state index in [0.717, 1.165) is 12.8 Å². The van der Waals surface area contributed by atoms with Gasteiger partial charge in [0.1, 0.15) is 0 Å². The lowest BCUT2D eigenvalue weighted by molar-refractivity contribution is 1.12. The number of rotatable bonds is 2. The lowest BCUT2D eigenvalue weighted by Crippen LogP contribution is -1.98. The predicted molar refractivity (Wildman–Crippen MR) is 122 cm³/mol. The first kappa shape index (κ1) is 18.6. The molecule has 1 heteroatoms. The van der Waals surface area contributed by atoms with Crippen LogP contribution in [-0.2, 0) is 12.8 Å². The minimum atomic E-state index is 0.894. The molecule has 0 saturated heterocycles. The van der Waals surface area contributed by atoms with Gasteiger partial charge < -0.3 is 0 Å². The van der Waals surface area contributed by atoms with Gasteiger partial charge in [-0.3, -0.25) is 0 Å². The zero-order chi connectivity index (χ0) is 19.3. The average Bonchev–Trinajstić information content (AvgIpc) is 2.74. The van der Waals surface area contributed by atoms with Gasteiger partial charge in [-0.2, -0.15) is 0 Å². The van der Waals surface area contributed by atoms with Crippen molar-refractivity contribution in [3.05, 3.63) is 125 Å². The van der Waals surface area contributed by atoms with Crippen LogP contribution in [0.15, 0.2) is 113 Å². The maximum Gasteiger partial charge on any atom is 0.0157 e. The molecule has 138 valence electrons. The summed E-state index contributed by atoms with van der Waals surface area (Å²) in [5.74, 6) is 0. The molecule has 0 atom stereocenters. The number of hydrogen-bond donors (Lipinski definition) is 0. The Balaban J connectivity index is 2.01. The van der Waals surface area contributed by atoms with Crippen LogP contribution in [0.2, 0.25) is 0 Å². The Morgan fingerprint density at radius 2 is 1.32 bits per heavy atom. The second-order valence-electron chi connectivity index (χ2n) is 6.97. The summed E-state index contributed by atoms with van der Waals surface area (Å²) in [6.07, 6.45) is 8.20. The van der Waals surface area contributed by atoms with Crippen LogP contribution in [0.4, 0.5) is 0 Å². The van der Waals surface area contributed by atoms with Crippen molar-refractivity contribution in [1.29, 1.82) is 0 Å². The van der Waals surface area contributed by atoms with Crippen molar-refractivity contribution in [2.45, 2.75) is 29.6 Å². The molecule has 1 heterocycles. The van der Waals surface area contributed by atoms with E-state index < -0.39 is 0 Å². The van der Waals surface area contributed by atoms with Gasteiger partial charge in [-0.25, -0.2) is 0 Å². The van der Waals surface area contributed by atoms with E-state index >= 15 is 0 Å². The third-order valence-electron chi connectivity index (χ3n) is 5.15. The molecule has 0 bridgehead atoms. The second-order valence-corrected chi connectivity index (χ2v) is 8.06. The molecule has 3 aromatic rings. The van der Waals surface area contributed by atoms with Crippen LogP contribution >= 0.6 is 11.8 Å². The molecular formula is C27H24S. The normalized spacial score (nSPS) is 16.6. The fourth-order valence-corrected chi connectivity index (χ4v) is 4.90. The molecule has 0 unspecified atom stereocenters. The minimum Gasteiger partial charge on any atom is -0.0984 e. The molecule has 0 nitrogen and oxygen atoms in total. The molecule has 4 rings (SSSR count). The smallest absolute Gasteiger partial charge is 0.0157 e. The molecule has 28 heavy (non-hydrogen) atoms. The van der Waals surface area contributed by atoms with E-state index in [0.29, 0.717) is 0 Å². The highest BCUT2D eigenvalue weighted by Crippen LogP contribution is 2.37. The molecule has 0 fully saturated rings. The fraction of sp³-hybridized carbons (Fsp3) is 0.111. The summed E-state index contributed by atoms with van der Waals surface area (Å²) >= 11 is 1.88. The third kappa shape index (κ3) is 3.76. The Kier molecular flexibility index (Phi) is 5.64. The van der Waals surface area contributed by atoms with E-state index in [1.54, 1.807) is 0 Å². The first-order chi connectivity index (χ1) is 13.8. The molecule has 0 aromatic heterocycles. The molecule has 1 aliphatic heterocycles. The number of hydrogen-bond acceptors (Lipinski definition) is 1. The molecular weight excluding hydrogens is 356 g/mol. The SMILES string of the molecule is C=C/C1=C(\C=C/C)Cc2ccccc2Sc2ccccc2Cc2ccccc21. The van der Waals surface area contributed by atoms with Crippen LogP contribution in [-0.4, -0.2) is 0 Å². The topological polar surface area (TPSA) is 0 Å². The first-order valence-corrected chi connectivity index (χ1v) is 10.5. The Hall–Kier alpha value is -2.77. The Bertz CT molecular complexity index is 1070. The van der Waals surface area contributed by atoms with E-state index in [2.05, 4.69) is 98.5 Å². The van der Waals surface area contributed by atoms with Crippen LogP contribution in [0.1, 0.15) is 29.2 Å². The van der Waals surface area contributed by atoms with Crippen molar-refractivity contribution in [3.8, 4) is 0 Å². The van der Waals surface area contributed by atoms with Crippen LogP contribution in [0.3, 0.4) is 0 Å². The molecule has 0 amide bonds. The first-order valence-electron chi connectivity index (χ1n) is 9.70. The molecule has 0 radical (unpaired) electrons. The third-order valence-corrected chi connectivity index (χ3v) is 6.39. The maximum atomic E-state index is 4.17. The maximum absolute atomic E-state index is 4.17. The average molecular weight is 381 g/mol. The van der Waals surface area contributed by atoms with Crippen LogP contribution < -0.4 is 0 Å². The molecule has 0 N–H and O–H groups in total. The molecule has 0 aliphatic carbocycles. The van der Waals surface area contributed by atoms with Crippen molar-refractivity contribution >= 4 is 17.3 Å². The zero-order valence-corrected chi connectivity index (χ0v) is 17.0. The predicted octanol–water partition coefficient (Wildman–Crippen LogP) is 7.50. The van der Waals surface area contributed by atoms with Gasteiger partial charge in [-0.1, -0.05) is 97.2 Å². The highest BCUT2D eigenvalue weighted by molar-refractivity contribution is 7.99. The molecule has 0 spiro atoms. The van der Waals surface area contributed by atoms with Gasteiger partial charge in [0.05, 0.1) is 0 Å². The summed E-state index contributed by atoms with van der Waals surface area (Å²) in [5.41, 5.74) is 7.89. The van der Waals surface area contributed by atoms with Crippen molar-refractivity contribution in [3.63, 3.8) is 0 Å². The summed E-state index contributed by atoms with van der Waals surface area (Å²) < 4.78 is 0. The van der Waals surface area contributed by atoms with E-state index in [-0.39, 0.29) is 0 Å². The largest absolute Gasteiger partial charge is 0.0984 e. The quantitative estimate of drug-likeness (QED) is 0.443. The molecule has 3 aromatic carbocycles. The highest BCUT2D eigenvalue weighted by atomic mass is 32.2. The van der Waals surface area contributed by atoms with Gasteiger partial charge in [0.15, 0.2) is 0 Å². The van der Waals surface area contributed by atoms with Crippen molar-refractivity contribution in [2.24, 2.45) is 0 Å². The van der Waals surface area contributed by atoms with E-state index in [9.17, 15) is 0 Å². The van der Waals surface area contributed by atoms with E-state index in [1.807, 2.05) is 17.8 Å². The van der Waals surface area contributed by atoms with Crippen molar-refractivity contribution < 1.29 is 0 Å². The summed E-state index contributed by atoms with van der Waals surface area (Å²) in [4.78, 5) is 2.66. The van der Waals surface area contributed by atoms with Gasteiger partial charge in [-0.05, 0) is 65.3 Å². The number of allylic oxidation sites excluding steroid dienone is 5. The molecule has 0 saturated carbocycles. The number of benzene rings is 3. The van der Waals surface area contributed by atoms with Crippen LogP contribution in [0, 0.1) is 0 Å². The lowest BCUT2D eigenvalue weighted by atomic mass is 9.89. The monoisotopic (exact) mass is 380 g/mol.